The normalized spacial score (nSPS) is 31.6. The number of hydrogen-bond acceptors (Lipinski definition) is 9. The van der Waals surface area contributed by atoms with Crippen molar-refractivity contribution >= 4 is 17.4 Å². The van der Waals surface area contributed by atoms with E-state index in [0.717, 1.165) is 0 Å². The molecule has 0 saturated carbocycles. The lowest BCUT2D eigenvalue weighted by Gasteiger charge is -2.33. The Kier molecular flexibility index (Phi) is 4.28. The smallest absolute Gasteiger partial charge is 0.212 e. The Morgan fingerprint density at radius 1 is 1.60 bits per heavy atom. The summed E-state index contributed by atoms with van der Waals surface area (Å²) in [5.41, 5.74) is 5.93. The van der Waals surface area contributed by atoms with Crippen molar-refractivity contribution in [3.8, 4) is 6.07 Å². The highest BCUT2D eigenvalue weighted by Gasteiger charge is 2.66. The van der Waals surface area contributed by atoms with E-state index in [1.165, 1.54) is 35.7 Å². The molecule has 3 heterocycles. The van der Waals surface area contributed by atoms with Gasteiger partial charge in [0.25, 0.3) is 0 Å². The van der Waals surface area contributed by atoms with E-state index in [1.807, 2.05) is 12.3 Å². The molecule has 0 bridgehead atoms. The average Bonchev–Trinajstić information content (AvgIpc) is 3.15. The molecule has 12 heteroatoms. The summed E-state index contributed by atoms with van der Waals surface area (Å²) in [4.78, 5) is 11.1. The summed E-state index contributed by atoms with van der Waals surface area (Å²) in [6.45, 7) is 0.843. The molecule has 2 aromatic rings. The first-order valence-corrected chi connectivity index (χ1v) is 8.39. The van der Waals surface area contributed by atoms with Crippen molar-refractivity contribution in [1.29, 1.82) is 5.26 Å². The van der Waals surface area contributed by atoms with Crippen molar-refractivity contribution in [1.82, 2.24) is 19.6 Å². The molecule has 2 N–H and O–H groups in total. The molecule has 0 aliphatic carbocycles. The van der Waals surface area contributed by atoms with Crippen LogP contribution >= 0.6 is 11.8 Å². The van der Waals surface area contributed by atoms with E-state index in [2.05, 4.69) is 25.1 Å². The summed E-state index contributed by atoms with van der Waals surface area (Å²) in [5, 5.41) is 38.2. The zero-order chi connectivity index (χ0) is 18.2. The van der Waals surface area contributed by atoms with Crippen LogP contribution in [0.15, 0.2) is 22.7 Å². The Bertz CT molecular complexity index is 906. The summed E-state index contributed by atoms with van der Waals surface area (Å²) in [6, 6.07) is 1.99. The van der Waals surface area contributed by atoms with Gasteiger partial charge in [0.15, 0.2) is 5.65 Å². The number of rotatable bonds is 4. The minimum Gasteiger partial charge on any atom is -0.394 e. The van der Waals surface area contributed by atoms with Crippen LogP contribution in [0.5, 0.6) is 0 Å². The maximum absolute atomic E-state index is 10.5. The third-order valence-electron chi connectivity index (χ3n) is 4.38. The predicted octanol–water partition coefficient (Wildman–Crippen LogP) is 0.386. The molecule has 2 aromatic heterocycles. The molecular formula is C13H14N8O3S. The zero-order valence-corrected chi connectivity index (χ0v) is 14.1. The Morgan fingerprint density at radius 2 is 2.36 bits per heavy atom. The first-order chi connectivity index (χ1) is 12.0. The van der Waals surface area contributed by atoms with Crippen molar-refractivity contribution in [2.24, 2.45) is 5.11 Å². The highest BCUT2D eigenvalue weighted by Crippen LogP contribution is 2.49. The second-order valence-corrected chi connectivity index (χ2v) is 6.36. The molecule has 1 aliphatic heterocycles. The molecule has 3 rings (SSSR count). The number of imidazole rings is 1. The Hall–Kier alpha value is -2.42. The van der Waals surface area contributed by atoms with Crippen LogP contribution in [-0.2, 0) is 10.3 Å². The molecule has 0 amide bonds. The lowest BCUT2D eigenvalue weighted by Crippen LogP contribution is -2.50. The minimum absolute atomic E-state index is 0.174. The highest BCUT2D eigenvalue weighted by molar-refractivity contribution is 7.98. The van der Waals surface area contributed by atoms with Crippen molar-refractivity contribution < 1.29 is 14.9 Å². The van der Waals surface area contributed by atoms with Crippen LogP contribution in [0.25, 0.3) is 16.1 Å². The van der Waals surface area contributed by atoms with Crippen molar-refractivity contribution in [2.75, 3.05) is 12.9 Å². The number of nitriles is 1. The number of azide groups is 1. The van der Waals surface area contributed by atoms with E-state index >= 15 is 0 Å². The molecular weight excluding hydrogens is 348 g/mol. The van der Waals surface area contributed by atoms with Gasteiger partial charge < -0.3 is 14.9 Å². The number of thioether (sulfide) groups is 1. The number of nitrogens with zero attached hydrogens (tertiary/aromatic N) is 8. The molecule has 11 nitrogen and oxygen atoms in total. The maximum atomic E-state index is 10.5. The molecule has 1 aliphatic rings. The van der Waals surface area contributed by atoms with Gasteiger partial charge in [0.2, 0.25) is 5.60 Å². The van der Waals surface area contributed by atoms with Crippen LogP contribution in [0.4, 0.5) is 0 Å². The van der Waals surface area contributed by atoms with Gasteiger partial charge in [-0.15, -0.1) is 11.8 Å². The Morgan fingerprint density at radius 3 is 2.96 bits per heavy atom. The fourth-order valence-electron chi connectivity index (χ4n) is 3.04. The van der Waals surface area contributed by atoms with Crippen LogP contribution in [0.2, 0.25) is 0 Å². The van der Waals surface area contributed by atoms with Gasteiger partial charge in [-0.2, -0.15) is 10.4 Å². The number of aromatic nitrogens is 4. The third-order valence-corrected chi connectivity index (χ3v) is 5.06. The van der Waals surface area contributed by atoms with E-state index in [4.69, 9.17) is 10.3 Å². The largest absolute Gasteiger partial charge is 0.394 e. The van der Waals surface area contributed by atoms with Crippen LogP contribution in [0.3, 0.4) is 0 Å². The lowest BCUT2D eigenvalue weighted by atomic mass is 9.78. The minimum atomic E-state index is -1.89. The molecule has 130 valence electrons. The summed E-state index contributed by atoms with van der Waals surface area (Å²) < 4.78 is 7.06. The van der Waals surface area contributed by atoms with Gasteiger partial charge in [-0.3, -0.25) is 0 Å². The molecule has 1 fully saturated rings. The van der Waals surface area contributed by atoms with Crippen molar-refractivity contribution in [3.63, 3.8) is 0 Å². The molecule has 1 saturated heterocycles. The molecule has 25 heavy (non-hydrogen) atoms. The quantitative estimate of drug-likeness (QED) is 0.341. The van der Waals surface area contributed by atoms with E-state index in [9.17, 15) is 15.5 Å². The standard InChI is InChI=1S/C13H14N8O3S/c1-12(19-20-15)9(23)7(4-22)24-13(12,5-14)8-3-16-10-11(25-2)17-6-18-21(8)10/h3,6-7,9,22-23H,4H2,1-2H3/t7-,9-,12-,13+/m1/s1. The number of aliphatic hydroxyl groups excluding tert-OH is 2. The number of fused-ring (bicyclic) bond motifs is 1. The first-order valence-electron chi connectivity index (χ1n) is 7.16. The molecule has 0 aromatic carbocycles. The summed E-state index contributed by atoms with van der Waals surface area (Å²) in [5.74, 6) is 0. The summed E-state index contributed by atoms with van der Waals surface area (Å²) >= 11 is 1.35. The number of ether oxygens (including phenoxy) is 1. The Labute approximate surface area is 145 Å². The summed E-state index contributed by atoms with van der Waals surface area (Å²) in [6.07, 6.45) is 1.97. The number of hydrogen-bond donors (Lipinski definition) is 2. The maximum Gasteiger partial charge on any atom is 0.212 e. The van der Waals surface area contributed by atoms with Gasteiger partial charge in [-0.05, 0) is 18.7 Å². The van der Waals surface area contributed by atoms with E-state index < -0.39 is 30.0 Å². The SMILES string of the molecule is CSc1ncnn2c([C@]3(C#N)O[C@H](CO)[C@@H](O)[C@@]3(C)N=[N+]=[N-])cnc12. The molecule has 0 spiro atoms. The van der Waals surface area contributed by atoms with E-state index in [1.54, 1.807) is 0 Å². The molecule has 0 unspecified atom stereocenters. The second-order valence-electron chi connectivity index (χ2n) is 5.56. The van der Waals surface area contributed by atoms with Gasteiger partial charge in [-0.25, -0.2) is 14.5 Å². The zero-order valence-electron chi connectivity index (χ0n) is 13.3. The fraction of sp³-hybridized carbons (Fsp3) is 0.538. The Balaban J connectivity index is 2.32. The van der Waals surface area contributed by atoms with Crippen molar-refractivity contribution in [3.05, 3.63) is 28.7 Å². The predicted molar refractivity (Wildman–Crippen MR) is 85.4 cm³/mol. The average molecular weight is 362 g/mol. The number of aliphatic hydroxyl groups is 2. The van der Waals surface area contributed by atoms with E-state index in [-0.39, 0.29) is 5.69 Å². The van der Waals surface area contributed by atoms with Crippen LogP contribution in [-0.4, -0.2) is 60.4 Å². The summed E-state index contributed by atoms with van der Waals surface area (Å²) in [7, 11) is 0. The fourth-order valence-corrected chi connectivity index (χ4v) is 3.51. The van der Waals surface area contributed by atoms with Gasteiger partial charge >= 0.3 is 0 Å². The first kappa shape index (κ1) is 17.4. The van der Waals surface area contributed by atoms with E-state index in [0.29, 0.717) is 10.7 Å². The van der Waals surface area contributed by atoms with Crippen LogP contribution < -0.4 is 0 Å². The molecule has 4 atom stereocenters. The van der Waals surface area contributed by atoms with Gasteiger partial charge in [0.05, 0.1) is 18.9 Å². The van der Waals surface area contributed by atoms with Gasteiger partial charge in [0.1, 0.15) is 34.8 Å². The monoisotopic (exact) mass is 362 g/mol. The second kappa shape index (κ2) is 6.14. The topological polar surface area (TPSA) is 165 Å². The van der Waals surface area contributed by atoms with Gasteiger partial charge in [-0.1, -0.05) is 5.11 Å². The van der Waals surface area contributed by atoms with Gasteiger partial charge in [0, 0.05) is 4.91 Å². The van der Waals surface area contributed by atoms with Crippen LogP contribution in [0, 0.1) is 11.3 Å². The third kappa shape index (κ3) is 2.18. The highest BCUT2D eigenvalue weighted by atomic mass is 32.2. The lowest BCUT2D eigenvalue weighted by molar-refractivity contribution is -0.0561. The molecule has 0 radical (unpaired) electrons. The van der Waals surface area contributed by atoms with Crippen LogP contribution in [0.1, 0.15) is 12.6 Å². The van der Waals surface area contributed by atoms with Crippen molar-refractivity contribution in [2.45, 2.75) is 35.3 Å².